The zero-order valence-corrected chi connectivity index (χ0v) is 18.0. The van der Waals surface area contributed by atoms with Gasteiger partial charge in [-0.3, -0.25) is 19.3 Å². The minimum Gasteiger partial charge on any atom is -0.462 e. The van der Waals surface area contributed by atoms with Crippen molar-refractivity contribution in [2.75, 3.05) is 16.8 Å². The standard InChI is InChI=1S/C25H24N2O5/c1-3-32-25(31)17-5-9-18(10-6-17)26-22(28)16-7-11-19(12-8-16)27-23(29)20-13-4-15(2)14-21(20)24(27)30/h4-12,20-21H,3,13-14H2,1-2H3,(H,26,28)/t20-,21+/m1/s1. The van der Waals surface area contributed by atoms with E-state index in [9.17, 15) is 19.2 Å². The number of hydrogen-bond acceptors (Lipinski definition) is 5. The Morgan fingerprint density at radius 3 is 2.25 bits per heavy atom. The number of fused-ring (bicyclic) bond motifs is 1. The zero-order valence-electron chi connectivity index (χ0n) is 18.0. The molecule has 0 saturated carbocycles. The van der Waals surface area contributed by atoms with E-state index in [0.717, 1.165) is 5.57 Å². The van der Waals surface area contributed by atoms with Crippen LogP contribution >= 0.6 is 0 Å². The van der Waals surface area contributed by atoms with Gasteiger partial charge in [-0.2, -0.15) is 0 Å². The molecule has 1 aliphatic heterocycles. The molecule has 0 bridgehead atoms. The Morgan fingerprint density at radius 1 is 0.969 bits per heavy atom. The molecule has 3 amide bonds. The van der Waals surface area contributed by atoms with E-state index in [1.807, 2.05) is 13.0 Å². The summed E-state index contributed by atoms with van der Waals surface area (Å²) in [6.45, 7) is 4.01. The number of nitrogens with one attached hydrogen (secondary N) is 1. The third-order valence-corrected chi connectivity index (χ3v) is 5.86. The predicted molar refractivity (Wildman–Crippen MR) is 119 cm³/mol. The third-order valence-electron chi connectivity index (χ3n) is 5.86. The summed E-state index contributed by atoms with van der Waals surface area (Å²) in [7, 11) is 0. The first-order valence-corrected chi connectivity index (χ1v) is 10.6. The Morgan fingerprint density at radius 2 is 1.59 bits per heavy atom. The summed E-state index contributed by atoms with van der Waals surface area (Å²) in [5, 5.41) is 2.76. The molecule has 32 heavy (non-hydrogen) atoms. The lowest BCUT2D eigenvalue weighted by Crippen LogP contribution is -2.30. The second kappa shape index (κ2) is 8.78. The van der Waals surface area contributed by atoms with E-state index in [0.29, 0.717) is 42.0 Å². The third kappa shape index (κ3) is 4.06. The second-order valence-corrected chi connectivity index (χ2v) is 8.01. The van der Waals surface area contributed by atoms with Crippen LogP contribution in [0.5, 0.6) is 0 Å². The molecule has 164 valence electrons. The Kier molecular flexibility index (Phi) is 5.90. The van der Waals surface area contributed by atoms with Crippen LogP contribution in [0.15, 0.2) is 60.2 Å². The number of anilines is 2. The molecule has 2 aromatic rings. The molecule has 0 radical (unpaired) electrons. The van der Waals surface area contributed by atoms with Crippen LogP contribution in [0, 0.1) is 11.8 Å². The van der Waals surface area contributed by atoms with Crippen LogP contribution in [-0.2, 0) is 14.3 Å². The van der Waals surface area contributed by atoms with Crippen molar-refractivity contribution in [1.82, 2.24) is 0 Å². The molecule has 4 rings (SSSR count). The summed E-state index contributed by atoms with van der Waals surface area (Å²) < 4.78 is 4.94. The molecule has 7 heteroatoms. The number of carbonyl (C=O) groups excluding carboxylic acids is 4. The molecular formula is C25H24N2O5. The van der Waals surface area contributed by atoms with Crippen molar-refractivity contribution in [3.8, 4) is 0 Å². The minimum atomic E-state index is -0.419. The summed E-state index contributed by atoms with van der Waals surface area (Å²) in [6.07, 6.45) is 3.23. The van der Waals surface area contributed by atoms with Gasteiger partial charge in [0.05, 0.1) is 29.7 Å². The highest BCUT2D eigenvalue weighted by molar-refractivity contribution is 6.22. The van der Waals surface area contributed by atoms with Crippen molar-refractivity contribution >= 4 is 35.1 Å². The van der Waals surface area contributed by atoms with E-state index >= 15 is 0 Å². The van der Waals surface area contributed by atoms with E-state index in [1.54, 1.807) is 55.5 Å². The van der Waals surface area contributed by atoms with Crippen molar-refractivity contribution in [3.05, 3.63) is 71.3 Å². The second-order valence-electron chi connectivity index (χ2n) is 8.01. The van der Waals surface area contributed by atoms with Crippen molar-refractivity contribution in [3.63, 3.8) is 0 Å². The molecule has 0 unspecified atom stereocenters. The molecular weight excluding hydrogens is 408 g/mol. The summed E-state index contributed by atoms with van der Waals surface area (Å²) >= 11 is 0. The molecule has 1 saturated heterocycles. The van der Waals surface area contributed by atoms with Crippen LogP contribution in [0.1, 0.15) is 47.4 Å². The molecule has 0 spiro atoms. The molecule has 1 fully saturated rings. The summed E-state index contributed by atoms with van der Waals surface area (Å²) in [5.41, 5.74) is 2.93. The molecule has 1 N–H and O–H groups in total. The lowest BCUT2D eigenvalue weighted by Gasteiger charge is -2.18. The van der Waals surface area contributed by atoms with Gasteiger partial charge in [0.1, 0.15) is 0 Å². The van der Waals surface area contributed by atoms with Gasteiger partial charge in [-0.15, -0.1) is 0 Å². The quantitative estimate of drug-likeness (QED) is 0.439. The fourth-order valence-corrected chi connectivity index (χ4v) is 4.16. The highest BCUT2D eigenvalue weighted by atomic mass is 16.5. The first kappa shape index (κ1) is 21.5. The average Bonchev–Trinajstić information content (AvgIpc) is 3.04. The van der Waals surface area contributed by atoms with Gasteiger partial charge in [-0.1, -0.05) is 11.6 Å². The van der Waals surface area contributed by atoms with E-state index in [1.165, 1.54) is 4.90 Å². The lowest BCUT2D eigenvalue weighted by atomic mass is 9.82. The van der Waals surface area contributed by atoms with Gasteiger partial charge < -0.3 is 10.1 Å². The predicted octanol–water partition coefficient (Wildman–Crippen LogP) is 3.96. The molecule has 1 heterocycles. The fraction of sp³-hybridized carbons (Fsp3) is 0.280. The summed E-state index contributed by atoms with van der Waals surface area (Å²) in [5.74, 6) is -1.71. The van der Waals surface area contributed by atoms with Gasteiger partial charge in [0.25, 0.3) is 5.91 Å². The van der Waals surface area contributed by atoms with Crippen molar-refractivity contribution in [2.24, 2.45) is 11.8 Å². The number of esters is 1. The van der Waals surface area contributed by atoms with E-state index < -0.39 is 5.97 Å². The largest absolute Gasteiger partial charge is 0.462 e. The molecule has 1 aliphatic carbocycles. The van der Waals surface area contributed by atoms with Gasteiger partial charge in [0, 0.05) is 11.3 Å². The molecule has 0 aromatic heterocycles. The fourth-order valence-electron chi connectivity index (χ4n) is 4.16. The van der Waals surface area contributed by atoms with Crippen molar-refractivity contribution < 1.29 is 23.9 Å². The highest BCUT2D eigenvalue weighted by Crippen LogP contribution is 2.39. The van der Waals surface area contributed by atoms with E-state index in [4.69, 9.17) is 4.74 Å². The molecule has 2 aromatic carbocycles. The number of nitrogens with zero attached hydrogens (tertiary/aromatic N) is 1. The maximum absolute atomic E-state index is 12.8. The average molecular weight is 432 g/mol. The lowest BCUT2D eigenvalue weighted by molar-refractivity contribution is -0.122. The Bertz CT molecular complexity index is 1100. The van der Waals surface area contributed by atoms with Crippen molar-refractivity contribution in [1.29, 1.82) is 0 Å². The number of benzene rings is 2. The Hall–Kier alpha value is -3.74. The summed E-state index contributed by atoms with van der Waals surface area (Å²) in [4.78, 5) is 51.2. The van der Waals surface area contributed by atoms with Crippen LogP contribution in [0.4, 0.5) is 11.4 Å². The van der Waals surface area contributed by atoms with Crippen LogP contribution in [0.3, 0.4) is 0 Å². The minimum absolute atomic E-state index is 0.175. The van der Waals surface area contributed by atoms with Crippen LogP contribution in [0.25, 0.3) is 0 Å². The SMILES string of the molecule is CCOC(=O)c1ccc(NC(=O)c2ccc(N3C(=O)[C@H]4CC(C)=CC[C@H]4C3=O)cc2)cc1. The van der Waals surface area contributed by atoms with Crippen LogP contribution in [0.2, 0.25) is 0 Å². The normalized spacial score (nSPS) is 19.9. The number of carbonyl (C=O) groups is 4. The summed E-state index contributed by atoms with van der Waals surface area (Å²) in [6, 6.07) is 12.8. The van der Waals surface area contributed by atoms with Gasteiger partial charge in [0.15, 0.2) is 0 Å². The van der Waals surface area contributed by atoms with E-state index in [-0.39, 0.29) is 29.6 Å². The van der Waals surface area contributed by atoms with Gasteiger partial charge in [0.2, 0.25) is 11.8 Å². The monoisotopic (exact) mass is 432 g/mol. The van der Waals surface area contributed by atoms with Crippen molar-refractivity contribution in [2.45, 2.75) is 26.7 Å². The Balaban J connectivity index is 1.44. The maximum Gasteiger partial charge on any atom is 0.338 e. The van der Waals surface area contributed by atoms with E-state index in [2.05, 4.69) is 5.32 Å². The molecule has 7 nitrogen and oxygen atoms in total. The number of allylic oxidation sites excluding steroid dienone is 2. The first-order valence-electron chi connectivity index (χ1n) is 10.6. The van der Waals surface area contributed by atoms with Crippen LogP contribution < -0.4 is 10.2 Å². The number of imide groups is 1. The number of hydrogen-bond donors (Lipinski definition) is 1. The Labute approximate surface area is 186 Å². The van der Waals surface area contributed by atoms with Crippen LogP contribution in [-0.4, -0.2) is 30.3 Å². The number of amides is 3. The maximum atomic E-state index is 12.8. The highest BCUT2D eigenvalue weighted by Gasteiger charge is 2.48. The zero-order chi connectivity index (χ0) is 22.8. The number of ether oxygens (including phenoxy) is 1. The smallest absolute Gasteiger partial charge is 0.338 e. The van der Waals surface area contributed by atoms with Gasteiger partial charge in [-0.05, 0) is 75.2 Å². The molecule has 2 aliphatic rings. The first-order chi connectivity index (χ1) is 15.4. The topological polar surface area (TPSA) is 92.8 Å². The van der Waals surface area contributed by atoms with Gasteiger partial charge in [-0.25, -0.2) is 4.79 Å². The number of rotatable bonds is 5. The molecule has 2 atom stereocenters. The van der Waals surface area contributed by atoms with Gasteiger partial charge >= 0.3 is 5.97 Å².